The Kier molecular flexibility index (Phi) is 3.99. The van der Waals surface area contributed by atoms with Crippen molar-refractivity contribution >= 4 is 11.6 Å². The van der Waals surface area contributed by atoms with Gasteiger partial charge in [0, 0.05) is 23.6 Å². The summed E-state index contributed by atoms with van der Waals surface area (Å²) in [5.74, 6) is 1.36. The summed E-state index contributed by atoms with van der Waals surface area (Å²) in [6, 6.07) is 10.0. The number of anilines is 1. The van der Waals surface area contributed by atoms with E-state index in [4.69, 9.17) is 9.47 Å². The molecule has 0 bridgehead atoms. The molecule has 0 fully saturated rings. The highest BCUT2D eigenvalue weighted by molar-refractivity contribution is 5.95. The molecule has 2 aromatic carbocycles. The van der Waals surface area contributed by atoms with Crippen LogP contribution < -0.4 is 14.8 Å². The SMILES string of the molecule is COc1cccc([C@H]2CC(=O)Nc3cc(C)c(C)cc32)c1OC. The second-order valence-electron chi connectivity index (χ2n) is 5.91. The number of hydrogen-bond acceptors (Lipinski definition) is 3. The van der Waals surface area contributed by atoms with E-state index < -0.39 is 0 Å². The van der Waals surface area contributed by atoms with Crippen LogP contribution in [0, 0.1) is 13.8 Å². The van der Waals surface area contributed by atoms with Gasteiger partial charge in [0.05, 0.1) is 14.2 Å². The summed E-state index contributed by atoms with van der Waals surface area (Å²) in [6.45, 7) is 4.14. The molecule has 1 amide bonds. The molecule has 120 valence electrons. The van der Waals surface area contributed by atoms with Crippen LogP contribution in [0.4, 0.5) is 5.69 Å². The number of rotatable bonds is 3. The van der Waals surface area contributed by atoms with Crippen LogP contribution >= 0.6 is 0 Å². The maximum atomic E-state index is 12.2. The van der Waals surface area contributed by atoms with Gasteiger partial charge in [-0.1, -0.05) is 18.2 Å². The number of aryl methyl sites for hydroxylation is 2. The van der Waals surface area contributed by atoms with Gasteiger partial charge in [0.25, 0.3) is 0 Å². The van der Waals surface area contributed by atoms with Crippen molar-refractivity contribution in [2.24, 2.45) is 0 Å². The molecular weight excluding hydrogens is 290 g/mol. The fourth-order valence-electron chi connectivity index (χ4n) is 3.20. The number of nitrogens with one attached hydrogen (secondary N) is 1. The van der Waals surface area contributed by atoms with E-state index in [9.17, 15) is 4.79 Å². The van der Waals surface area contributed by atoms with Gasteiger partial charge >= 0.3 is 0 Å². The summed E-state index contributed by atoms with van der Waals surface area (Å²) in [6.07, 6.45) is 0.402. The monoisotopic (exact) mass is 311 g/mol. The molecule has 2 aromatic rings. The molecule has 0 radical (unpaired) electrons. The smallest absolute Gasteiger partial charge is 0.225 e. The van der Waals surface area contributed by atoms with Crippen molar-refractivity contribution in [2.75, 3.05) is 19.5 Å². The van der Waals surface area contributed by atoms with Crippen molar-refractivity contribution in [3.05, 3.63) is 52.6 Å². The third-order valence-electron chi connectivity index (χ3n) is 4.51. The van der Waals surface area contributed by atoms with E-state index in [1.54, 1.807) is 14.2 Å². The number of methoxy groups -OCH3 is 2. The fraction of sp³-hybridized carbons (Fsp3) is 0.316. The Morgan fingerprint density at radius 1 is 1.04 bits per heavy atom. The molecule has 23 heavy (non-hydrogen) atoms. The lowest BCUT2D eigenvalue weighted by atomic mass is 9.82. The van der Waals surface area contributed by atoms with Crippen LogP contribution in [-0.4, -0.2) is 20.1 Å². The van der Waals surface area contributed by atoms with E-state index in [1.807, 2.05) is 24.3 Å². The zero-order valence-corrected chi connectivity index (χ0v) is 13.9. The van der Waals surface area contributed by atoms with Gasteiger partial charge in [-0.3, -0.25) is 4.79 Å². The lowest BCUT2D eigenvalue weighted by Crippen LogP contribution is -2.24. The van der Waals surface area contributed by atoms with Crippen LogP contribution in [0.5, 0.6) is 11.5 Å². The third kappa shape index (κ3) is 2.65. The van der Waals surface area contributed by atoms with E-state index in [0.717, 1.165) is 16.8 Å². The zero-order valence-electron chi connectivity index (χ0n) is 13.9. The zero-order chi connectivity index (χ0) is 16.6. The van der Waals surface area contributed by atoms with Crippen LogP contribution in [-0.2, 0) is 4.79 Å². The van der Waals surface area contributed by atoms with Crippen molar-refractivity contribution in [2.45, 2.75) is 26.2 Å². The number of fused-ring (bicyclic) bond motifs is 1. The van der Waals surface area contributed by atoms with Crippen LogP contribution in [0.3, 0.4) is 0 Å². The molecule has 0 saturated heterocycles. The summed E-state index contributed by atoms with van der Waals surface area (Å²) >= 11 is 0. The second-order valence-corrected chi connectivity index (χ2v) is 5.91. The Balaban J connectivity index is 2.19. The van der Waals surface area contributed by atoms with Gasteiger partial charge in [-0.15, -0.1) is 0 Å². The first kappa shape index (κ1) is 15.4. The van der Waals surface area contributed by atoms with E-state index in [-0.39, 0.29) is 11.8 Å². The second kappa shape index (κ2) is 5.95. The highest BCUT2D eigenvalue weighted by Gasteiger charge is 2.30. The van der Waals surface area contributed by atoms with Crippen molar-refractivity contribution in [1.82, 2.24) is 0 Å². The molecule has 1 aliphatic rings. The van der Waals surface area contributed by atoms with Gasteiger partial charge in [-0.05, 0) is 42.7 Å². The molecule has 0 unspecified atom stereocenters. The minimum atomic E-state index is -0.0388. The van der Waals surface area contributed by atoms with Crippen molar-refractivity contribution in [1.29, 1.82) is 0 Å². The van der Waals surface area contributed by atoms with Crippen LogP contribution in [0.2, 0.25) is 0 Å². The average Bonchev–Trinajstić information content (AvgIpc) is 2.54. The normalized spacial score (nSPS) is 16.5. The maximum Gasteiger partial charge on any atom is 0.225 e. The van der Waals surface area contributed by atoms with Crippen molar-refractivity contribution in [3.8, 4) is 11.5 Å². The number of ether oxygens (including phenoxy) is 2. The molecule has 1 atom stereocenters. The van der Waals surface area contributed by atoms with Gasteiger partial charge < -0.3 is 14.8 Å². The lowest BCUT2D eigenvalue weighted by Gasteiger charge is -2.28. The van der Waals surface area contributed by atoms with Crippen LogP contribution in [0.1, 0.15) is 34.6 Å². The minimum absolute atomic E-state index is 0.0237. The van der Waals surface area contributed by atoms with Gasteiger partial charge in [0.15, 0.2) is 11.5 Å². The van der Waals surface area contributed by atoms with E-state index in [2.05, 4.69) is 25.2 Å². The largest absolute Gasteiger partial charge is 0.493 e. The van der Waals surface area contributed by atoms with Crippen molar-refractivity contribution in [3.63, 3.8) is 0 Å². The Morgan fingerprint density at radius 2 is 1.78 bits per heavy atom. The molecule has 1 heterocycles. The molecule has 0 saturated carbocycles. The number of carbonyl (C=O) groups excluding carboxylic acids is 1. The van der Waals surface area contributed by atoms with E-state index >= 15 is 0 Å². The summed E-state index contributed by atoms with van der Waals surface area (Å²) < 4.78 is 11.0. The Morgan fingerprint density at radius 3 is 2.48 bits per heavy atom. The van der Waals surface area contributed by atoms with Crippen LogP contribution in [0.15, 0.2) is 30.3 Å². The summed E-state index contributed by atoms with van der Waals surface area (Å²) in [4.78, 5) is 12.2. The summed E-state index contributed by atoms with van der Waals surface area (Å²) in [5, 5.41) is 2.98. The molecule has 0 aromatic heterocycles. The molecule has 1 N–H and O–H groups in total. The lowest BCUT2D eigenvalue weighted by molar-refractivity contribution is -0.116. The highest BCUT2D eigenvalue weighted by atomic mass is 16.5. The van der Waals surface area contributed by atoms with Gasteiger partial charge in [-0.2, -0.15) is 0 Å². The molecular formula is C19H21NO3. The number of carbonyl (C=O) groups is 1. The predicted molar refractivity (Wildman–Crippen MR) is 90.6 cm³/mol. The van der Waals surface area contributed by atoms with Crippen LogP contribution in [0.25, 0.3) is 0 Å². The first-order valence-electron chi connectivity index (χ1n) is 7.67. The Hall–Kier alpha value is -2.49. The van der Waals surface area contributed by atoms with E-state index in [0.29, 0.717) is 17.9 Å². The predicted octanol–water partition coefficient (Wildman–Crippen LogP) is 3.79. The highest BCUT2D eigenvalue weighted by Crippen LogP contribution is 2.44. The minimum Gasteiger partial charge on any atom is -0.493 e. The molecule has 4 nitrogen and oxygen atoms in total. The molecule has 1 aliphatic heterocycles. The third-order valence-corrected chi connectivity index (χ3v) is 4.51. The number of amides is 1. The van der Waals surface area contributed by atoms with Gasteiger partial charge in [-0.25, -0.2) is 0 Å². The fourth-order valence-corrected chi connectivity index (χ4v) is 3.20. The number of para-hydroxylation sites is 1. The standard InChI is InChI=1S/C19H21NO3/c1-11-8-15-14(10-18(21)20-16(15)9-12(11)2)13-6-5-7-17(22-3)19(13)23-4/h5-9,14H,10H2,1-4H3,(H,20,21)/t14-/m1/s1. The molecule has 4 heteroatoms. The maximum absolute atomic E-state index is 12.2. The van der Waals surface area contributed by atoms with Crippen molar-refractivity contribution < 1.29 is 14.3 Å². The van der Waals surface area contributed by atoms with E-state index in [1.165, 1.54) is 11.1 Å². The quantitative estimate of drug-likeness (QED) is 0.938. The number of hydrogen-bond donors (Lipinski definition) is 1. The summed E-state index contributed by atoms with van der Waals surface area (Å²) in [7, 11) is 3.25. The first-order valence-corrected chi connectivity index (χ1v) is 7.67. The molecule has 3 rings (SSSR count). The average molecular weight is 311 g/mol. The first-order chi connectivity index (χ1) is 11.0. The topological polar surface area (TPSA) is 47.6 Å². The van der Waals surface area contributed by atoms with Gasteiger partial charge in [0.2, 0.25) is 5.91 Å². The summed E-state index contributed by atoms with van der Waals surface area (Å²) in [5.41, 5.74) is 5.37. The van der Waals surface area contributed by atoms with Gasteiger partial charge in [0.1, 0.15) is 0 Å². The Labute approximate surface area is 136 Å². The molecule has 0 spiro atoms. The Bertz CT molecular complexity index is 767. The molecule has 0 aliphatic carbocycles. The number of benzene rings is 2.